The van der Waals surface area contributed by atoms with Gasteiger partial charge in [-0.2, -0.15) is 0 Å². The monoisotopic (exact) mass is 476 g/mol. The predicted molar refractivity (Wildman–Crippen MR) is 147 cm³/mol. The van der Waals surface area contributed by atoms with Gasteiger partial charge in [0.05, 0.1) is 18.1 Å². The molecule has 0 amide bonds. The molecular formula is C29H25N4OP. The molecule has 0 saturated carbocycles. The van der Waals surface area contributed by atoms with Gasteiger partial charge < -0.3 is 4.98 Å². The largest absolute Gasteiger partial charge is 0.321 e. The van der Waals surface area contributed by atoms with E-state index < -0.39 is 7.05 Å². The van der Waals surface area contributed by atoms with Gasteiger partial charge in [-0.25, -0.2) is 4.74 Å². The van der Waals surface area contributed by atoms with Crippen molar-refractivity contribution >= 4 is 39.7 Å². The van der Waals surface area contributed by atoms with E-state index in [0.29, 0.717) is 11.4 Å². The molecule has 0 radical (unpaired) electrons. The molecule has 0 aliphatic heterocycles. The molecule has 0 atom stereocenters. The van der Waals surface area contributed by atoms with Gasteiger partial charge in [-0.1, -0.05) is 91.0 Å². The lowest BCUT2D eigenvalue weighted by Crippen LogP contribution is -2.27. The molecule has 35 heavy (non-hydrogen) atoms. The molecule has 0 fully saturated rings. The first-order chi connectivity index (χ1) is 17.1. The zero-order valence-corrected chi connectivity index (χ0v) is 20.5. The number of nitrogens with one attached hydrogen (secondary N) is 1. The average molecular weight is 477 g/mol. The molecule has 0 unspecified atom stereocenters. The van der Waals surface area contributed by atoms with Gasteiger partial charge in [-0.3, -0.25) is 14.8 Å². The molecule has 0 bridgehead atoms. The number of aromatic nitrogens is 2. The normalized spacial score (nSPS) is 12.0. The van der Waals surface area contributed by atoms with E-state index in [1.165, 1.54) is 0 Å². The lowest BCUT2D eigenvalue weighted by molar-refractivity contribution is 1.20. The number of aromatic amines is 1. The Balaban J connectivity index is 1.89. The fourth-order valence-corrected chi connectivity index (χ4v) is 7.88. The summed E-state index contributed by atoms with van der Waals surface area (Å²) >= 11 is 0. The minimum Gasteiger partial charge on any atom is -0.321 e. The minimum atomic E-state index is -2.56. The third kappa shape index (κ3) is 4.16. The summed E-state index contributed by atoms with van der Waals surface area (Å²) in [5, 5.41) is 4.15. The zero-order valence-electron chi connectivity index (χ0n) is 19.6. The molecule has 0 spiro atoms. The van der Waals surface area contributed by atoms with Crippen LogP contribution in [0.1, 0.15) is 11.3 Å². The number of aryl methyl sites for hydroxylation is 1. The maximum absolute atomic E-state index is 13.2. The first-order valence-corrected chi connectivity index (χ1v) is 13.1. The zero-order chi connectivity index (χ0) is 24.3. The number of hydrogen-bond donors (Lipinski definition) is 1. The Morgan fingerprint density at radius 2 is 1.31 bits per heavy atom. The van der Waals surface area contributed by atoms with E-state index in [1.807, 2.05) is 73.7 Å². The topological polar surface area (TPSA) is 70.5 Å². The van der Waals surface area contributed by atoms with E-state index in [9.17, 15) is 4.79 Å². The van der Waals surface area contributed by atoms with Crippen LogP contribution in [0.4, 0.5) is 0 Å². The predicted octanol–water partition coefficient (Wildman–Crippen LogP) is 4.79. The van der Waals surface area contributed by atoms with Crippen LogP contribution in [0.5, 0.6) is 0 Å². The van der Waals surface area contributed by atoms with Gasteiger partial charge in [0.25, 0.3) is 5.56 Å². The van der Waals surface area contributed by atoms with E-state index >= 15 is 0 Å². The second-order valence-corrected chi connectivity index (χ2v) is 11.2. The number of benzene rings is 3. The lowest BCUT2D eigenvalue weighted by atomic mass is 10.1. The standard InChI is InChI=1S/C29H25N4OP/c1-21-25-20-26(29(34)32-27(25)18-19-31-21)28(30-2)33-35(22-12-6-3-7-13-22,23-14-8-4-9-15-23)24-16-10-5-11-17-24/h3-20H,1-2H3,(H,32,34). The Morgan fingerprint density at radius 3 is 1.80 bits per heavy atom. The second-order valence-electron chi connectivity index (χ2n) is 8.16. The van der Waals surface area contributed by atoms with Crippen LogP contribution in [0.15, 0.2) is 124 Å². The number of aliphatic imine (C=N–C) groups is 1. The van der Waals surface area contributed by atoms with E-state index in [-0.39, 0.29) is 5.56 Å². The van der Waals surface area contributed by atoms with Gasteiger partial charge >= 0.3 is 0 Å². The number of fused-ring (bicyclic) bond motifs is 1. The molecule has 1 N–H and O–H groups in total. The Bertz CT molecular complexity index is 1520. The maximum atomic E-state index is 13.2. The quantitative estimate of drug-likeness (QED) is 0.230. The highest BCUT2D eigenvalue weighted by Crippen LogP contribution is 2.46. The van der Waals surface area contributed by atoms with Crippen LogP contribution in [0, 0.1) is 6.92 Å². The second kappa shape index (κ2) is 9.65. The van der Waals surface area contributed by atoms with Crippen LogP contribution in [0.3, 0.4) is 0 Å². The molecule has 5 aromatic rings. The van der Waals surface area contributed by atoms with Crippen molar-refractivity contribution in [2.75, 3.05) is 7.05 Å². The van der Waals surface area contributed by atoms with Crippen LogP contribution in [0.25, 0.3) is 10.9 Å². The van der Waals surface area contributed by atoms with E-state index in [1.54, 1.807) is 13.2 Å². The SMILES string of the molecule is CN=C(N=P(c1ccccc1)(c1ccccc1)c1ccccc1)c1cc2c(C)nccc2[nH]c1=O. The first kappa shape index (κ1) is 22.7. The van der Waals surface area contributed by atoms with Crippen molar-refractivity contribution in [3.8, 4) is 0 Å². The molecule has 5 rings (SSSR count). The molecule has 2 aromatic heterocycles. The fourth-order valence-electron chi connectivity index (χ4n) is 4.35. The van der Waals surface area contributed by atoms with Crippen molar-refractivity contribution in [2.24, 2.45) is 9.74 Å². The molecular weight excluding hydrogens is 451 g/mol. The lowest BCUT2D eigenvalue weighted by Gasteiger charge is -2.27. The number of H-pyrrole nitrogens is 1. The van der Waals surface area contributed by atoms with Gasteiger partial charge in [0, 0.05) is 40.2 Å². The summed E-state index contributed by atoms with van der Waals surface area (Å²) in [6.45, 7) is 1.93. The summed E-state index contributed by atoms with van der Waals surface area (Å²) in [6, 6.07) is 34.6. The van der Waals surface area contributed by atoms with Crippen LogP contribution in [0.2, 0.25) is 0 Å². The number of amidine groups is 1. The van der Waals surface area contributed by atoms with Crippen molar-refractivity contribution < 1.29 is 0 Å². The Hall–Kier alpha value is -4.08. The van der Waals surface area contributed by atoms with Crippen LogP contribution < -0.4 is 21.5 Å². The minimum absolute atomic E-state index is 0.222. The average Bonchev–Trinajstić information content (AvgIpc) is 2.91. The number of nitrogens with zero attached hydrogens (tertiary/aromatic N) is 3. The Kier molecular flexibility index (Phi) is 6.26. The number of pyridine rings is 2. The summed E-state index contributed by atoms with van der Waals surface area (Å²) in [7, 11) is -0.869. The van der Waals surface area contributed by atoms with Crippen molar-refractivity contribution in [2.45, 2.75) is 6.92 Å². The summed E-state index contributed by atoms with van der Waals surface area (Å²) in [6.07, 6.45) is 1.70. The van der Waals surface area contributed by atoms with Crippen LogP contribution in [-0.4, -0.2) is 22.9 Å². The first-order valence-electron chi connectivity index (χ1n) is 11.4. The third-order valence-corrected chi connectivity index (χ3v) is 9.68. The van der Waals surface area contributed by atoms with Crippen molar-refractivity contribution in [3.63, 3.8) is 0 Å². The highest BCUT2D eigenvalue weighted by Gasteiger charge is 2.28. The van der Waals surface area contributed by atoms with E-state index in [4.69, 9.17) is 4.74 Å². The van der Waals surface area contributed by atoms with Gasteiger partial charge in [-0.05, 0) is 19.1 Å². The van der Waals surface area contributed by atoms with Gasteiger partial charge in [0.1, 0.15) is 0 Å². The fraction of sp³-hybridized carbons (Fsp3) is 0.0690. The van der Waals surface area contributed by atoms with Crippen molar-refractivity contribution in [1.29, 1.82) is 0 Å². The molecule has 6 heteroatoms. The number of rotatable bonds is 4. The smallest absolute Gasteiger partial charge is 0.259 e. The number of hydrogen-bond acceptors (Lipinski definition) is 3. The summed E-state index contributed by atoms with van der Waals surface area (Å²) in [4.78, 5) is 25.2. The highest BCUT2D eigenvalue weighted by atomic mass is 31.2. The van der Waals surface area contributed by atoms with Crippen molar-refractivity contribution in [1.82, 2.24) is 9.97 Å². The molecule has 0 aliphatic carbocycles. The van der Waals surface area contributed by atoms with Gasteiger partial charge in [0.2, 0.25) is 0 Å². The van der Waals surface area contributed by atoms with E-state index in [0.717, 1.165) is 32.5 Å². The molecule has 3 aromatic carbocycles. The molecule has 0 aliphatic rings. The highest BCUT2D eigenvalue weighted by molar-refractivity contribution is 7.87. The Morgan fingerprint density at radius 1 is 0.800 bits per heavy atom. The third-order valence-electron chi connectivity index (χ3n) is 6.06. The van der Waals surface area contributed by atoms with Crippen LogP contribution >= 0.6 is 7.05 Å². The Labute approximate surface area is 204 Å². The summed E-state index contributed by atoms with van der Waals surface area (Å²) in [5.41, 5.74) is 1.80. The molecule has 2 heterocycles. The van der Waals surface area contributed by atoms with Gasteiger partial charge in [-0.15, -0.1) is 0 Å². The summed E-state index contributed by atoms with van der Waals surface area (Å²) < 4.78 is 5.43. The molecule has 0 saturated heterocycles. The molecule has 5 nitrogen and oxygen atoms in total. The van der Waals surface area contributed by atoms with Gasteiger partial charge in [0.15, 0.2) is 5.84 Å². The van der Waals surface area contributed by atoms with E-state index in [2.05, 4.69) is 51.4 Å². The maximum Gasteiger partial charge on any atom is 0.259 e. The van der Waals surface area contributed by atoms with Crippen LogP contribution in [-0.2, 0) is 0 Å². The summed E-state index contributed by atoms with van der Waals surface area (Å²) in [5.74, 6) is 0.418. The van der Waals surface area contributed by atoms with Crippen molar-refractivity contribution in [3.05, 3.63) is 131 Å². The molecule has 172 valence electrons.